The summed E-state index contributed by atoms with van der Waals surface area (Å²) in [5.74, 6) is -0.463. The van der Waals surface area contributed by atoms with Crippen LogP contribution in [-0.2, 0) is 15.2 Å². The second kappa shape index (κ2) is 5.02. The molecule has 0 bridgehead atoms. The summed E-state index contributed by atoms with van der Waals surface area (Å²) in [7, 11) is -4.67. The Morgan fingerprint density at radius 3 is 1.55 bits per heavy atom. The molecule has 0 aliphatic carbocycles. The second-order valence-electron chi connectivity index (χ2n) is 1.64. The van der Waals surface area contributed by atoms with Crippen molar-refractivity contribution in [1.29, 1.82) is 0 Å². The summed E-state index contributed by atoms with van der Waals surface area (Å²) in [5.41, 5.74) is 9.63. The van der Waals surface area contributed by atoms with E-state index < -0.39 is 22.3 Å². The molecule has 0 saturated heterocycles. The molecule has 8 heteroatoms. The third-order valence-corrected chi connectivity index (χ3v) is 0.449. The number of carbonyl (C=O) groups is 1. The van der Waals surface area contributed by atoms with Crippen LogP contribution >= 0.6 is 0 Å². The van der Waals surface area contributed by atoms with Crippen LogP contribution in [0.5, 0.6) is 0 Å². The van der Waals surface area contributed by atoms with Gasteiger partial charge in [-0.05, 0) is 6.92 Å². The van der Waals surface area contributed by atoms with Gasteiger partial charge in [0, 0.05) is 0 Å². The number of hydrogen-bond acceptors (Lipinski definition) is 4. The largest absolute Gasteiger partial charge is 0.394 e. The lowest BCUT2D eigenvalue weighted by Gasteiger charge is -1.91. The van der Waals surface area contributed by atoms with Gasteiger partial charge in [0.25, 0.3) is 0 Å². The van der Waals surface area contributed by atoms with E-state index in [0.29, 0.717) is 0 Å². The van der Waals surface area contributed by atoms with Gasteiger partial charge in [-0.15, -0.1) is 0 Å². The summed E-state index contributed by atoms with van der Waals surface area (Å²) < 4.78 is 31.6. The van der Waals surface area contributed by atoms with Crippen LogP contribution in [0.2, 0.25) is 0 Å². The minimum Gasteiger partial charge on any atom is -0.368 e. The van der Waals surface area contributed by atoms with E-state index >= 15 is 0 Å². The smallest absolute Gasteiger partial charge is 0.368 e. The molecule has 0 saturated carbocycles. The predicted molar refractivity (Wildman–Crippen MR) is 37.0 cm³/mol. The number of amides is 1. The van der Waals surface area contributed by atoms with Crippen LogP contribution in [0.3, 0.4) is 0 Å². The highest BCUT2D eigenvalue weighted by Crippen LogP contribution is 1.64. The maximum absolute atomic E-state index is 9.80. The molecular formula is C3H10N2O5S. The molecule has 0 aliphatic rings. The number of primary amides is 1. The van der Waals surface area contributed by atoms with Crippen molar-refractivity contribution in [2.45, 2.75) is 13.0 Å². The van der Waals surface area contributed by atoms with Gasteiger partial charge in [-0.25, -0.2) is 0 Å². The standard InChI is InChI=1S/C3H8N2O.H2O4S/c1-2(4)3(5)6;1-5(2,3)4/h2H,4H2,1H3,(H2,5,6);(H2,1,2,3,4). The lowest BCUT2D eigenvalue weighted by Crippen LogP contribution is -2.32. The Kier molecular flexibility index (Phi) is 5.90. The van der Waals surface area contributed by atoms with Crippen molar-refractivity contribution < 1.29 is 22.3 Å². The van der Waals surface area contributed by atoms with E-state index in [9.17, 15) is 4.79 Å². The maximum Gasteiger partial charge on any atom is 0.394 e. The third kappa shape index (κ3) is 45.5. The molecule has 0 spiro atoms. The Labute approximate surface area is 63.9 Å². The van der Waals surface area contributed by atoms with E-state index in [4.69, 9.17) is 23.3 Å². The van der Waals surface area contributed by atoms with Gasteiger partial charge in [0.1, 0.15) is 0 Å². The van der Waals surface area contributed by atoms with E-state index in [0.717, 1.165) is 0 Å². The van der Waals surface area contributed by atoms with Gasteiger partial charge in [0.15, 0.2) is 0 Å². The van der Waals surface area contributed by atoms with Crippen LogP contribution in [0.4, 0.5) is 0 Å². The summed E-state index contributed by atoms with van der Waals surface area (Å²) in [4.78, 5) is 9.80. The van der Waals surface area contributed by atoms with Gasteiger partial charge < -0.3 is 11.5 Å². The zero-order chi connectivity index (χ0) is 9.65. The SMILES string of the molecule is CC(N)C(N)=O.O=S(=O)(O)O. The monoisotopic (exact) mass is 186 g/mol. The molecule has 7 nitrogen and oxygen atoms in total. The van der Waals surface area contributed by atoms with Crippen molar-refractivity contribution in [3.63, 3.8) is 0 Å². The van der Waals surface area contributed by atoms with E-state index in [1.807, 2.05) is 0 Å². The van der Waals surface area contributed by atoms with Gasteiger partial charge in [0.05, 0.1) is 6.04 Å². The molecular weight excluding hydrogens is 176 g/mol. The summed E-state index contributed by atoms with van der Waals surface area (Å²) in [6.45, 7) is 1.54. The average Bonchev–Trinajstić information content (AvgIpc) is 1.59. The molecule has 0 heterocycles. The van der Waals surface area contributed by atoms with Gasteiger partial charge in [0.2, 0.25) is 5.91 Å². The van der Waals surface area contributed by atoms with E-state index in [1.165, 1.54) is 0 Å². The molecule has 0 aromatic heterocycles. The Bertz CT molecular complexity index is 200. The summed E-state index contributed by atoms with van der Waals surface area (Å²) >= 11 is 0. The van der Waals surface area contributed by atoms with Crippen molar-refractivity contribution in [3.05, 3.63) is 0 Å². The van der Waals surface area contributed by atoms with Gasteiger partial charge >= 0.3 is 10.4 Å². The normalized spacial score (nSPS) is 12.7. The number of carbonyl (C=O) groups excluding carboxylic acids is 1. The molecule has 11 heavy (non-hydrogen) atoms. The zero-order valence-electron chi connectivity index (χ0n) is 5.76. The topological polar surface area (TPSA) is 144 Å². The highest BCUT2D eigenvalue weighted by atomic mass is 32.3. The summed E-state index contributed by atoms with van der Waals surface area (Å²) in [5, 5.41) is 0. The molecule has 0 fully saturated rings. The summed E-state index contributed by atoms with van der Waals surface area (Å²) in [6.07, 6.45) is 0. The Balaban J connectivity index is 0. The van der Waals surface area contributed by atoms with Crippen LogP contribution < -0.4 is 11.5 Å². The van der Waals surface area contributed by atoms with Crippen LogP contribution in [0.15, 0.2) is 0 Å². The number of nitrogens with two attached hydrogens (primary N) is 2. The van der Waals surface area contributed by atoms with E-state index in [-0.39, 0.29) is 0 Å². The van der Waals surface area contributed by atoms with E-state index in [1.54, 1.807) is 6.92 Å². The van der Waals surface area contributed by atoms with Crippen molar-refractivity contribution in [3.8, 4) is 0 Å². The zero-order valence-corrected chi connectivity index (χ0v) is 6.58. The molecule has 6 N–H and O–H groups in total. The minimum atomic E-state index is -4.67. The molecule has 1 amide bonds. The quantitative estimate of drug-likeness (QED) is 0.354. The third-order valence-electron chi connectivity index (χ3n) is 0.449. The van der Waals surface area contributed by atoms with Crippen LogP contribution in [0, 0.1) is 0 Å². The van der Waals surface area contributed by atoms with Gasteiger partial charge in [-0.1, -0.05) is 0 Å². The maximum atomic E-state index is 9.80. The first kappa shape index (κ1) is 12.9. The molecule has 68 valence electrons. The first-order valence-corrected chi connectivity index (χ1v) is 3.79. The first-order valence-electron chi connectivity index (χ1n) is 2.39. The fourth-order valence-corrected chi connectivity index (χ4v) is 0. The van der Waals surface area contributed by atoms with Crippen molar-refractivity contribution in [2.75, 3.05) is 0 Å². The minimum absolute atomic E-state index is 0.463. The number of rotatable bonds is 1. The van der Waals surface area contributed by atoms with Crippen molar-refractivity contribution >= 4 is 16.3 Å². The van der Waals surface area contributed by atoms with Crippen LogP contribution in [0.25, 0.3) is 0 Å². The predicted octanol–water partition coefficient (Wildman–Crippen LogP) is -1.83. The molecule has 1 atom stereocenters. The second-order valence-corrected chi connectivity index (χ2v) is 2.53. The Morgan fingerprint density at radius 2 is 1.55 bits per heavy atom. The number of hydrogen-bond donors (Lipinski definition) is 4. The van der Waals surface area contributed by atoms with E-state index in [2.05, 4.69) is 5.73 Å². The molecule has 0 aromatic carbocycles. The fourth-order valence-electron chi connectivity index (χ4n) is 0. The first-order chi connectivity index (χ1) is 4.64. The molecule has 0 radical (unpaired) electrons. The highest BCUT2D eigenvalue weighted by Gasteiger charge is 1.96. The van der Waals surface area contributed by atoms with Crippen molar-refractivity contribution in [1.82, 2.24) is 0 Å². The molecule has 0 rings (SSSR count). The van der Waals surface area contributed by atoms with Gasteiger partial charge in [-0.2, -0.15) is 8.42 Å². The Hall–Kier alpha value is -0.700. The lowest BCUT2D eigenvalue weighted by molar-refractivity contribution is -0.118. The summed E-state index contributed by atoms with van der Waals surface area (Å²) in [6, 6.07) is -0.509. The molecule has 1 unspecified atom stereocenters. The van der Waals surface area contributed by atoms with Crippen molar-refractivity contribution in [2.24, 2.45) is 11.5 Å². The molecule has 0 aliphatic heterocycles. The Morgan fingerprint density at radius 1 is 1.45 bits per heavy atom. The van der Waals surface area contributed by atoms with Gasteiger partial charge in [-0.3, -0.25) is 13.9 Å². The lowest BCUT2D eigenvalue weighted by atomic mass is 10.4. The fraction of sp³-hybridized carbons (Fsp3) is 0.667. The molecule has 0 aromatic rings. The van der Waals surface area contributed by atoms with Crippen LogP contribution in [0.1, 0.15) is 6.92 Å². The van der Waals surface area contributed by atoms with Crippen LogP contribution in [-0.4, -0.2) is 29.5 Å². The average molecular weight is 186 g/mol. The highest BCUT2D eigenvalue weighted by molar-refractivity contribution is 7.79.